The fourth-order valence-electron chi connectivity index (χ4n) is 1.59. The number of rotatable bonds is 4. The highest BCUT2D eigenvalue weighted by atomic mass is 127. The van der Waals surface area contributed by atoms with Crippen LogP contribution in [0.1, 0.15) is 32.0 Å². The van der Waals surface area contributed by atoms with E-state index in [-0.39, 0.29) is 5.78 Å². The van der Waals surface area contributed by atoms with E-state index in [1.54, 1.807) is 6.92 Å². The second-order valence-electron chi connectivity index (χ2n) is 3.28. The first-order valence-electron chi connectivity index (χ1n) is 4.83. The summed E-state index contributed by atoms with van der Waals surface area (Å²) in [7, 11) is 0. The molecule has 4 heteroatoms. The maximum absolute atomic E-state index is 11.0. The summed E-state index contributed by atoms with van der Waals surface area (Å²) in [5, 5.41) is 4.37. The number of Topliss-reactive ketones (excluding diaryl/α,β-unsaturated/α-hetero) is 1. The van der Waals surface area contributed by atoms with Crippen LogP contribution in [0.3, 0.4) is 0 Å². The molecule has 1 aromatic rings. The molecule has 3 nitrogen and oxygen atoms in total. The summed E-state index contributed by atoms with van der Waals surface area (Å²) in [5.74, 6) is 0.154. The average molecular weight is 306 g/mol. The summed E-state index contributed by atoms with van der Waals surface area (Å²) in [6, 6.07) is 0. The number of hydrogen-bond donors (Lipinski definition) is 0. The molecule has 0 spiro atoms. The van der Waals surface area contributed by atoms with Gasteiger partial charge in [-0.15, -0.1) is 0 Å². The van der Waals surface area contributed by atoms with Crippen LogP contribution in [0.5, 0.6) is 0 Å². The van der Waals surface area contributed by atoms with E-state index in [2.05, 4.69) is 41.5 Å². The molecule has 0 atom stereocenters. The van der Waals surface area contributed by atoms with Crippen molar-refractivity contribution in [1.29, 1.82) is 0 Å². The van der Waals surface area contributed by atoms with Crippen molar-refractivity contribution in [3.8, 4) is 0 Å². The first-order valence-corrected chi connectivity index (χ1v) is 5.91. The molecule has 0 aromatic carbocycles. The van der Waals surface area contributed by atoms with Gasteiger partial charge in [-0.25, -0.2) is 0 Å². The van der Waals surface area contributed by atoms with Gasteiger partial charge >= 0.3 is 0 Å². The van der Waals surface area contributed by atoms with Gasteiger partial charge in [-0.05, 0) is 42.4 Å². The van der Waals surface area contributed by atoms with Crippen molar-refractivity contribution in [3.63, 3.8) is 0 Å². The molecule has 0 bridgehead atoms. The third-order valence-corrected chi connectivity index (χ3v) is 3.05. The van der Waals surface area contributed by atoms with Crippen molar-refractivity contribution in [2.45, 2.75) is 40.2 Å². The van der Waals surface area contributed by atoms with E-state index in [1.807, 2.05) is 4.68 Å². The van der Waals surface area contributed by atoms with Crippen LogP contribution in [-0.2, 0) is 24.2 Å². The Labute approximate surface area is 98.0 Å². The van der Waals surface area contributed by atoms with Crippen LogP contribution in [-0.4, -0.2) is 15.6 Å². The number of ketones is 1. The fourth-order valence-corrected chi connectivity index (χ4v) is 2.54. The molecule has 0 radical (unpaired) electrons. The summed E-state index contributed by atoms with van der Waals surface area (Å²) in [4.78, 5) is 11.0. The molecule has 0 fully saturated rings. The number of carbonyl (C=O) groups is 1. The summed E-state index contributed by atoms with van der Waals surface area (Å²) < 4.78 is 2.87. The smallest absolute Gasteiger partial charge is 0.151 e. The molecule has 1 rings (SSSR count). The topological polar surface area (TPSA) is 34.9 Å². The Morgan fingerprint density at radius 1 is 1.43 bits per heavy atom. The van der Waals surface area contributed by atoms with Gasteiger partial charge in [-0.1, -0.05) is 13.8 Å². The first-order chi connectivity index (χ1) is 6.60. The summed E-state index contributed by atoms with van der Waals surface area (Å²) >= 11 is 2.23. The van der Waals surface area contributed by atoms with Gasteiger partial charge < -0.3 is 0 Å². The van der Waals surface area contributed by atoms with E-state index in [4.69, 9.17) is 0 Å². The number of halogens is 1. The molecule has 1 aromatic heterocycles. The van der Waals surface area contributed by atoms with Gasteiger partial charge in [0.1, 0.15) is 3.70 Å². The lowest BCUT2D eigenvalue weighted by molar-refractivity contribution is -0.117. The summed E-state index contributed by atoms with van der Waals surface area (Å²) in [6.45, 7) is 6.22. The van der Waals surface area contributed by atoms with Crippen LogP contribution in [0.15, 0.2) is 0 Å². The van der Waals surface area contributed by atoms with Crippen LogP contribution >= 0.6 is 22.6 Å². The molecule has 0 unspecified atom stereocenters. The number of aromatic nitrogens is 2. The zero-order valence-corrected chi connectivity index (χ0v) is 11.0. The van der Waals surface area contributed by atoms with Crippen LogP contribution < -0.4 is 0 Å². The van der Waals surface area contributed by atoms with Crippen molar-refractivity contribution in [3.05, 3.63) is 15.0 Å². The highest BCUT2D eigenvalue weighted by Crippen LogP contribution is 2.17. The Kier molecular flexibility index (Phi) is 4.10. The van der Waals surface area contributed by atoms with Crippen LogP contribution in [0.2, 0.25) is 0 Å². The molecule has 0 aliphatic carbocycles. The number of hydrogen-bond acceptors (Lipinski definition) is 2. The lowest BCUT2D eigenvalue weighted by Gasteiger charge is -2.04. The minimum Gasteiger partial charge on any atom is -0.298 e. The molecule has 0 aliphatic rings. The third-order valence-electron chi connectivity index (χ3n) is 2.18. The predicted octanol–water partition coefficient (Wildman–Crippen LogP) is 2.20. The molecule has 14 heavy (non-hydrogen) atoms. The van der Waals surface area contributed by atoms with E-state index < -0.39 is 0 Å². The van der Waals surface area contributed by atoms with Crippen LogP contribution in [0.25, 0.3) is 0 Å². The molecule has 0 aliphatic heterocycles. The van der Waals surface area contributed by atoms with E-state index in [1.165, 1.54) is 11.3 Å². The minimum atomic E-state index is 0.154. The molecule has 0 saturated carbocycles. The van der Waals surface area contributed by atoms with E-state index >= 15 is 0 Å². The van der Waals surface area contributed by atoms with E-state index in [0.29, 0.717) is 6.54 Å². The average Bonchev–Trinajstić information content (AvgIpc) is 2.39. The maximum atomic E-state index is 11.0. The molecule has 1 heterocycles. The molecule has 0 N–H and O–H groups in total. The number of nitrogens with zero attached hydrogens (tertiary/aromatic N) is 2. The van der Waals surface area contributed by atoms with Crippen molar-refractivity contribution in [1.82, 2.24) is 9.78 Å². The lowest BCUT2D eigenvalue weighted by Crippen LogP contribution is -2.11. The monoisotopic (exact) mass is 306 g/mol. The molecule has 0 saturated heterocycles. The van der Waals surface area contributed by atoms with Gasteiger partial charge in [0.05, 0.1) is 6.54 Å². The number of carbonyl (C=O) groups excluding carboxylic acids is 1. The summed E-state index contributed by atoms with van der Waals surface area (Å²) in [5.41, 5.74) is 2.49. The van der Waals surface area contributed by atoms with Gasteiger partial charge in [-0.3, -0.25) is 9.48 Å². The second-order valence-corrected chi connectivity index (χ2v) is 4.30. The first kappa shape index (κ1) is 11.7. The fraction of sp³-hybridized carbons (Fsp3) is 0.600. The highest BCUT2D eigenvalue weighted by molar-refractivity contribution is 14.1. The minimum absolute atomic E-state index is 0.154. The molecule has 0 amide bonds. The Balaban J connectivity index is 3.10. The van der Waals surface area contributed by atoms with E-state index in [0.717, 1.165) is 16.5 Å². The van der Waals surface area contributed by atoms with Gasteiger partial charge in [-0.2, -0.15) is 5.10 Å². The van der Waals surface area contributed by atoms with Crippen LogP contribution in [0.4, 0.5) is 0 Å². The molecular formula is C10H15IN2O. The highest BCUT2D eigenvalue weighted by Gasteiger charge is 2.13. The van der Waals surface area contributed by atoms with E-state index in [9.17, 15) is 4.79 Å². The van der Waals surface area contributed by atoms with Crippen molar-refractivity contribution in [2.75, 3.05) is 0 Å². The summed E-state index contributed by atoms with van der Waals surface area (Å²) in [6.07, 6.45) is 1.92. The van der Waals surface area contributed by atoms with Crippen molar-refractivity contribution < 1.29 is 4.79 Å². The van der Waals surface area contributed by atoms with Gasteiger partial charge in [0.15, 0.2) is 5.78 Å². The van der Waals surface area contributed by atoms with Crippen molar-refractivity contribution >= 4 is 28.4 Å². The predicted molar refractivity (Wildman–Crippen MR) is 64.4 cm³/mol. The Morgan fingerprint density at radius 2 is 2.07 bits per heavy atom. The normalized spacial score (nSPS) is 10.6. The van der Waals surface area contributed by atoms with Gasteiger partial charge in [0, 0.05) is 11.3 Å². The SMILES string of the molecule is CCc1c(I)nn(CC(C)=O)c1CC. The zero-order valence-electron chi connectivity index (χ0n) is 8.80. The molecular weight excluding hydrogens is 291 g/mol. The van der Waals surface area contributed by atoms with Gasteiger partial charge in [0.2, 0.25) is 0 Å². The lowest BCUT2D eigenvalue weighted by atomic mass is 10.1. The zero-order chi connectivity index (χ0) is 10.7. The molecule has 78 valence electrons. The standard InChI is InChI=1S/C10H15IN2O/c1-4-8-9(5-2)13(6-7(3)14)12-10(8)11/h4-6H2,1-3H3. The Hall–Kier alpha value is -0.390. The quantitative estimate of drug-likeness (QED) is 0.799. The Bertz CT molecular complexity index is 344. The van der Waals surface area contributed by atoms with Gasteiger partial charge in [0.25, 0.3) is 0 Å². The van der Waals surface area contributed by atoms with Crippen LogP contribution in [0, 0.1) is 3.70 Å². The second kappa shape index (κ2) is 4.91. The Morgan fingerprint density at radius 3 is 2.50 bits per heavy atom. The maximum Gasteiger partial charge on any atom is 0.151 e. The third kappa shape index (κ3) is 2.34. The van der Waals surface area contributed by atoms with Crippen molar-refractivity contribution in [2.24, 2.45) is 0 Å². The largest absolute Gasteiger partial charge is 0.298 e.